The molecule has 0 saturated heterocycles. The summed E-state index contributed by atoms with van der Waals surface area (Å²) >= 11 is 0. The van der Waals surface area contributed by atoms with E-state index in [9.17, 15) is 10.2 Å². The van der Waals surface area contributed by atoms with Gasteiger partial charge in [0, 0.05) is 12.0 Å². The van der Waals surface area contributed by atoms with E-state index in [2.05, 4.69) is 6.58 Å². The number of hydrogen-bond acceptors (Lipinski definition) is 2. The molecule has 0 spiro atoms. The van der Waals surface area contributed by atoms with E-state index >= 15 is 0 Å². The molecule has 0 aromatic heterocycles. The van der Waals surface area contributed by atoms with Crippen molar-refractivity contribution in [1.29, 1.82) is 0 Å². The van der Waals surface area contributed by atoms with Gasteiger partial charge in [0.15, 0.2) is 0 Å². The number of aromatic hydroxyl groups is 1. The van der Waals surface area contributed by atoms with E-state index in [1.165, 1.54) is 0 Å². The van der Waals surface area contributed by atoms with Gasteiger partial charge in [-0.1, -0.05) is 24.8 Å². The van der Waals surface area contributed by atoms with Gasteiger partial charge in [0.1, 0.15) is 5.75 Å². The number of phenolic OH excluding ortho intramolecular Hbond substituents is 1. The normalized spacial score (nSPS) is 13.2. The molecule has 0 heterocycles. The van der Waals surface area contributed by atoms with Crippen LogP contribution in [0.25, 0.3) is 0 Å². The summed E-state index contributed by atoms with van der Waals surface area (Å²) < 4.78 is 0. The predicted molar refractivity (Wildman–Crippen MR) is 80.6 cm³/mol. The summed E-state index contributed by atoms with van der Waals surface area (Å²) in [5, 5.41) is 20.1. The van der Waals surface area contributed by atoms with Gasteiger partial charge >= 0.3 is 0 Å². The molecule has 0 radical (unpaired) electrons. The van der Waals surface area contributed by atoms with Gasteiger partial charge in [-0.05, 0) is 56.0 Å². The Balaban J connectivity index is 3.16. The number of allylic oxidation sites excluding steroid dienone is 5. The quantitative estimate of drug-likeness (QED) is 0.616. The number of aliphatic hydroxyl groups is 1. The van der Waals surface area contributed by atoms with Crippen LogP contribution in [0.2, 0.25) is 0 Å². The van der Waals surface area contributed by atoms with Crippen LogP contribution in [-0.2, 0) is 6.42 Å². The molecule has 0 unspecified atom stereocenters. The van der Waals surface area contributed by atoms with Crippen LogP contribution in [0.3, 0.4) is 0 Å². The van der Waals surface area contributed by atoms with Crippen LogP contribution in [0.5, 0.6) is 5.75 Å². The maximum atomic E-state index is 10.2. The summed E-state index contributed by atoms with van der Waals surface area (Å²) in [6.07, 6.45) is 3.89. The molecule has 0 aliphatic heterocycles. The largest absolute Gasteiger partial charge is 0.512 e. The van der Waals surface area contributed by atoms with E-state index in [1.54, 1.807) is 12.1 Å². The predicted octanol–water partition coefficient (Wildman–Crippen LogP) is 4.52. The highest BCUT2D eigenvalue weighted by Crippen LogP contribution is 2.27. The molecule has 2 heteroatoms. The Morgan fingerprint density at radius 3 is 2.47 bits per heavy atom. The highest BCUT2D eigenvalue weighted by Gasteiger charge is 2.11. The number of aryl methyl sites for hydroxylation is 1. The third-order valence-corrected chi connectivity index (χ3v) is 3.58. The van der Waals surface area contributed by atoms with Crippen molar-refractivity contribution in [2.24, 2.45) is 0 Å². The molecule has 0 amide bonds. The zero-order valence-electron chi connectivity index (χ0n) is 12.1. The van der Waals surface area contributed by atoms with E-state index in [4.69, 9.17) is 0 Å². The second-order valence-electron chi connectivity index (χ2n) is 4.84. The monoisotopic (exact) mass is 258 g/mol. The Morgan fingerprint density at radius 1 is 1.26 bits per heavy atom. The van der Waals surface area contributed by atoms with E-state index in [0.717, 1.165) is 27.8 Å². The van der Waals surface area contributed by atoms with Crippen molar-refractivity contribution in [3.63, 3.8) is 0 Å². The minimum atomic E-state index is 0.229. The molecule has 0 aliphatic carbocycles. The molecular formula is C17H22O2. The van der Waals surface area contributed by atoms with Crippen molar-refractivity contribution in [3.8, 4) is 5.75 Å². The first-order chi connectivity index (χ1) is 8.88. The van der Waals surface area contributed by atoms with Crippen molar-refractivity contribution in [2.75, 3.05) is 0 Å². The van der Waals surface area contributed by atoms with E-state index in [1.807, 2.05) is 39.8 Å². The van der Waals surface area contributed by atoms with Gasteiger partial charge in [0.2, 0.25) is 0 Å². The number of aliphatic hydroxyl groups excluding tert-OH is 1. The molecular weight excluding hydrogens is 236 g/mol. The lowest BCUT2D eigenvalue weighted by molar-refractivity contribution is 0.387. The fourth-order valence-corrected chi connectivity index (χ4v) is 1.91. The standard InChI is InChI=1S/C17H22O2/c1-6-7-11(2)14(5)17(19)10-15-13(4)12(3)8-9-16(15)18/h6-9,18-19H,1,10H2,2-5H3/b11-7-,17-14-. The Bertz CT molecular complexity index is 549. The molecule has 1 rings (SSSR count). The van der Waals surface area contributed by atoms with Crippen molar-refractivity contribution < 1.29 is 10.2 Å². The minimum Gasteiger partial charge on any atom is -0.512 e. The summed E-state index contributed by atoms with van der Waals surface area (Å²) in [5.41, 5.74) is 4.70. The fourth-order valence-electron chi connectivity index (χ4n) is 1.91. The Morgan fingerprint density at radius 2 is 1.89 bits per heavy atom. The number of phenols is 1. The highest BCUT2D eigenvalue weighted by atomic mass is 16.3. The second-order valence-corrected chi connectivity index (χ2v) is 4.84. The van der Waals surface area contributed by atoms with Crippen molar-refractivity contribution in [1.82, 2.24) is 0 Å². The Hall–Kier alpha value is -1.96. The third-order valence-electron chi connectivity index (χ3n) is 3.58. The summed E-state index contributed by atoms with van der Waals surface area (Å²) in [6, 6.07) is 3.55. The van der Waals surface area contributed by atoms with Gasteiger partial charge in [-0.3, -0.25) is 0 Å². The summed E-state index contributed by atoms with van der Waals surface area (Å²) in [5.74, 6) is 0.507. The van der Waals surface area contributed by atoms with Gasteiger partial charge in [-0.2, -0.15) is 0 Å². The molecule has 0 fully saturated rings. The highest BCUT2D eigenvalue weighted by molar-refractivity contribution is 5.46. The zero-order valence-corrected chi connectivity index (χ0v) is 12.1. The Kier molecular flexibility index (Phi) is 4.99. The molecule has 0 atom stereocenters. The zero-order chi connectivity index (χ0) is 14.6. The summed E-state index contributed by atoms with van der Waals surface area (Å²) in [7, 11) is 0. The maximum Gasteiger partial charge on any atom is 0.119 e. The van der Waals surface area contributed by atoms with Crippen LogP contribution in [0.4, 0.5) is 0 Å². The first-order valence-electron chi connectivity index (χ1n) is 6.35. The van der Waals surface area contributed by atoms with Crippen LogP contribution in [-0.4, -0.2) is 10.2 Å². The second kappa shape index (κ2) is 6.28. The van der Waals surface area contributed by atoms with Gasteiger partial charge < -0.3 is 10.2 Å². The molecule has 1 aromatic rings. The van der Waals surface area contributed by atoms with Crippen LogP contribution in [0.15, 0.2) is 47.8 Å². The first kappa shape index (κ1) is 15.1. The van der Waals surface area contributed by atoms with Crippen LogP contribution >= 0.6 is 0 Å². The molecule has 0 aliphatic rings. The summed E-state index contributed by atoms with van der Waals surface area (Å²) in [4.78, 5) is 0. The van der Waals surface area contributed by atoms with E-state index in [0.29, 0.717) is 6.42 Å². The van der Waals surface area contributed by atoms with Crippen molar-refractivity contribution in [2.45, 2.75) is 34.1 Å². The molecule has 2 nitrogen and oxygen atoms in total. The Labute approximate surface area is 115 Å². The number of rotatable bonds is 4. The SMILES string of the molecule is C=C/C=C(C)\C(C)=C(/O)Cc1c(O)ccc(C)c1C. The molecule has 19 heavy (non-hydrogen) atoms. The van der Waals surface area contributed by atoms with Crippen molar-refractivity contribution in [3.05, 3.63) is 64.5 Å². The molecule has 1 aromatic carbocycles. The summed E-state index contributed by atoms with van der Waals surface area (Å²) in [6.45, 7) is 11.4. The first-order valence-corrected chi connectivity index (χ1v) is 6.35. The molecule has 0 saturated carbocycles. The number of benzene rings is 1. The average molecular weight is 258 g/mol. The lowest BCUT2D eigenvalue weighted by atomic mass is 9.96. The van der Waals surface area contributed by atoms with Gasteiger partial charge in [-0.15, -0.1) is 0 Å². The smallest absolute Gasteiger partial charge is 0.119 e. The fraction of sp³-hybridized carbons (Fsp3) is 0.294. The molecule has 2 N–H and O–H groups in total. The lowest BCUT2D eigenvalue weighted by Crippen LogP contribution is -1.99. The van der Waals surface area contributed by atoms with E-state index < -0.39 is 0 Å². The van der Waals surface area contributed by atoms with Gasteiger partial charge in [0.25, 0.3) is 0 Å². The van der Waals surface area contributed by atoms with Crippen LogP contribution < -0.4 is 0 Å². The third kappa shape index (κ3) is 3.50. The topological polar surface area (TPSA) is 40.5 Å². The average Bonchev–Trinajstić information content (AvgIpc) is 2.38. The van der Waals surface area contributed by atoms with Crippen LogP contribution in [0, 0.1) is 13.8 Å². The molecule has 0 bridgehead atoms. The molecule has 102 valence electrons. The lowest BCUT2D eigenvalue weighted by Gasteiger charge is -2.12. The van der Waals surface area contributed by atoms with Gasteiger partial charge in [-0.25, -0.2) is 0 Å². The van der Waals surface area contributed by atoms with Gasteiger partial charge in [0.05, 0.1) is 5.76 Å². The maximum absolute atomic E-state index is 10.2. The number of hydrogen-bond donors (Lipinski definition) is 2. The van der Waals surface area contributed by atoms with Crippen LogP contribution in [0.1, 0.15) is 30.5 Å². The van der Waals surface area contributed by atoms with Crippen molar-refractivity contribution >= 4 is 0 Å². The van der Waals surface area contributed by atoms with E-state index in [-0.39, 0.29) is 11.5 Å². The minimum absolute atomic E-state index is 0.229.